The van der Waals surface area contributed by atoms with Gasteiger partial charge in [0.25, 0.3) is 5.91 Å². The molecule has 0 atom stereocenters. The smallest absolute Gasteiger partial charge is 0.263 e. The van der Waals surface area contributed by atoms with E-state index in [-0.39, 0.29) is 11.9 Å². The Hall–Kier alpha value is -1.26. The molecule has 1 saturated heterocycles. The van der Waals surface area contributed by atoms with E-state index in [1.807, 2.05) is 12.1 Å². The van der Waals surface area contributed by atoms with E-state index in [0.717, 1.165) is 25.9 Å². The molecule has 0 radical (unpaired) electrons. The molecule has 0 unspecified atom stereocenters. The van der Waals surface area contributed by atoms with E-state index >= 15 is 0 Å². The van der Waals surface area contributed by atoms with E-state index in [4.69, 9.17) is 16.3 Å². The van der Waals surface area contributed by atoms with Gasteiger partial charge in [-0.05, 0) is 52.7 Å². The normalized spacial score (nSPS) is 17.3. The predicted molar refractivity (Wildman–Crippen MR) is 94.0 cm³/mol. The number of hydrogen-bond donors (Lipinski definition) is 1. The lowest BCUT2D eigenvalue weighted by Crippen LogP contribution is -2.53. The second-order valence-electron chi connectivity index (χ2n) is 6.92. The highest BCUT2D eigenvalue weighted by molar-refractivity contribution is 6.32. The average molecular weight is 339 g/mol. The summed E-state index contributed by atoms with van der Waals surface area (Å²) in [6.07, 6.45) is 1.96. The fourth-order valence-electron chi connectivity index (χ4n) is 2.77. The lowest BCUT2D eigenvalue weighted by atomic mass is 10.0. The molecule has 1 amide bonds. The van der Waals surface area contributed by atoms with E-state index in [1.54, 1.807) is 26.0 Å². The molecule has 4 nitrogen and oxygen atoms in total. The van der Waals surface area contributed by atoms with Gasteiger partial charge < -0.3 is 15.0 Å². The fourth-order valence-corrected chi connectivity index (χ4v) is 2.94. The lowest BCUT2D eigenvalue weighted by Gasteiger charge is -2.36. The van der Waals surface area contributed by atoms with Gasteiger partial charge in [0, 0.05) is 25.2 Å². The van der Waals surface area contributed by atoms with Crippen LogP contribution >= 0.6 is 11.6 Å². The van der Waals surface area contributed by atoms with Crippen molar-refractivity contribution in [3.63, 3.8) is 0 Å². The van der Waals surface area contributed by atoms with Gasteiger partial charge in [0.2, 0.25) is 0 Å². The molecule has 2 rings (SSSR count). The fraction of sp³-hybridized carbons (Fsp3) is 0.611. The van der Waals surface area contributed by atoms with Crippen LogP contribution in [-0.2, 0) is 4.79 Å². The van der Waals surface area contributed by atoms with Gasteiger partial charge in [-0.15, -0.1) is 0 Å². The second kappa shape index (κ2) is 7.54. The van der Waals surface area contributed by atoms with E-state index < -0.39 is 5.60 Å². The van der Waals surface area contributed by atoms with Gasteiger partial charge >= 0.3 is 0 Å². The molecular formula is C18H27ClN2O2. The number of ether oxygens (including phenoxy) is 1. The molecule has 0 bridgehead atoms. The highest BCUT2D eigenvalue weighted by Crippen LogP contribution is 2.27. The first-order valence-corrected chi connectivity index (χ1v) is 8.66. The zero-order valence-corrected chi connectivity index (χ0v) is 15.2. The molecule has 1 aliphatic heterocycles. The number of halogens is 1. The summed E-state index contributed by atoms with van der Waals surface area (Å²) >= 11 is 6.11. The van der Waals surface area contributed by atoms with Crippen molar-refractivity contribution in [1.82, 2.24) is 10.2 Å². The molecule has 5 heteroatoms. The topological polar surface area (TPSA) is 41.6 Å². The van der Waals surface area contributed by atoms with E-state index in [9.17, 15) is 4.79 Å². The third kappa shape index (κ3) is 4.85. The highest BCUT2D eigenvalue weighted by atomic mass is 35.5. The Kier molecular flexibility index (Phi) is 5.93. The lowest BCUT2D eigenvalue weighted by molar-refractivity contribution is -0.135. The first kappa shape index (κ1) is 18.1. The summed E-state index contributed by atoms with van der Waals surface area (Å²) in [7, 11) is 0. The highest BCUT2D eigenvalue weighted by Gasteiger charge is 2.33. The SMILES string of the molecule is CC(C)N1CCC(NC(=O)C(C)(C)Oc2ccccc2Cl)CC1. The molecule has 0 aliphatic carbocycles. The Morgan fingerprint density at radius 1 is 1.30 bits per heavy atom. The number of para-hydroxylation sites is 1. The van der Waals surface area contributed by atoms with Crippen LogP contribution in [0.15, 0.2) is 24.3 Å². The number of hydrogen-bond acceptors (Lipinski definition) is 3. The van der Waals surface area contributed by atoms with Crippen LogP contribution in [0.2, 0.25) is 5.02 Å². The number of nitrogens with one attached hydrogen (secondary N) is 1. The molecule has 1 aromatic carbocycles. The molecule has 0 aromatic heterocycles. The molecule has 1 heterocycles. The Morgan fingerprint density at radius 2 is 1.91 bits per heavy atom. The van der Waals surface area contributed by atoms with Crippen molar-refractivity contribution in [1.29, 1.82) is 0 Å². The quantitative estimate of drug-likeness (QED) is 0.893. The van der Waals surface area contributed by atoms with Crippen LogP contribution in [-0.4, -0.2) is 41.6 Å². The molecule has 1 aromatic rings. The van der Waals surface area contributed by atoms with Crippen molar-refractivity contribution < 1.29 is 9.53 Å². The zero-order valence-electron chi connectivity index (χ0n) is 14.4. The molecule has 1 aliphatic rings. The molecule has 23 heavy (non-hydrogen) atoms. The monoisotopic (exact) mass is 338 g/mol. The van der Waals surface area contributed by atoms with Crippen LogP contribution in [0.3, 0.4) is 0 Å². The minimum absolute atomic E-state index is 0.0968. The van der Waals surface area contributed by atoms with Crippen LogP contribution in [0.1, 0.15) is 40.5 Å². The first-order valence-electron chi connectivity index (χ1n) is 8.28. The minimum atomic E-state index is -0.958. The molecule has 1 N–H and O–H groups in total. The van der Waals surface area contributed by atoms with Gasteiger partial charge in [-0.25, -0.2) is 0 Å². The van der Waals surface area contributed by atoms with Crippen LogP contribution in [0.5, 0.6) is 5.75 Å². The molecular weight excluding hydrogens is 312 g/mol. The van der Waals surface area contributed by atoms with E-state index in [1.165, 1.54) is 0 Å². The summed E-state index contributed by atoms with van der Waals surface area (Å²) in [5.74, 6) is 0.435. The van der Waals surface area contributed by atoms with Gasteiger partial charge in [0.05, 0.1) is 5.02 Å². The summed E-state index contributed by atoms with van der Waals surface area (Å²) in [6, 6.07) is 7.99. The molecule has 0 saturated carbocycles. The van der Waals surface area contributed by atoms with Crippen molar-refractivity contribution >= 4 is 17.5 Å². The van der Waals surface area contributed by atoms with Gasteiger partial charge in [0.15, 0.2) is 5.60 Å². The minimum Gasteiger partial charge on any atom is -0.476 e. The third-order valence-corrected chi connectivity index (χ3v) is 4.66. The van der Waals surface area contributed by atoms with Crippen LogP contribution in [0.4, 0.5) is 0 Å². The van der Waals surface area contributed by atoms with Crippen molar-refractivity contribution in [2.45, 2.75) is 58.2 Å². The number of amides is 1. The van der Waals surface area contributed by atoms with Crippen LogP contribution in [0, 0.1) is 0 Å². The summed E-state index contributed by atoms with van der Waals surface area (Å²) in [5.41, 5.74) is -0.958. The van der Waals surface area contributed by atoms with Crippen LogP contribution in [0.25, 0.3) is 0 Å². The summed E-state index contributed by atoms with van der Waals surface area (Å²) < 4.78 is 5.84. The van der Waals surface area contributed by atoms with Crippen molar-refractivity contribution in [2.75, 3.05) is 13.1 Å². The van der Waals surface area contributed by atoms with Crippen molar-refractivity contribution in [2.24, 2.45) is 0 Å². The number of benzene rings is 1. The number of rotatable bonds is 5. The van der Waals surface area contributed by atoms with E-state index in [2.05, 4.69) is 24.1 Å². The molecule has 128 valence electrons. The summed E-state index contributed by atoms with van der Waals surface area (Å²) in [6.45, 7) is 10.0. The van der Waals surface area contributed by atoms with Gasteiger partial charge in [-0.1, -0.05) is 23.7 Å². The number of likely N-dealkylation sites (tertiary alicyclic amines) is 1. The largest absolute Gasteiger partial charge is 0.476 e. The van der Waals surface area contributed by atoms with Gasteiger partial charge in [-0.3, -0.25) is 4.79 Å². The standard InChI is InChI=1S/C18H27ClN2O2/c1-13(2)21-11-9-14(10-12-21)20-17(22)18(3,4)23-16-8-6-5-7-15(16)19/h5-8,13-14H,9-12H2,1-4H3,(H,20,22). The summed E-state index contributed by atoms with van der Waals surface area (Å²) in [4.78, 5) is 15.0. The maximum absolute atomic E-state index is 12.6. The number of piperidine rings is 1. The van der Waals surface area contributed by atoms with Gasteiger partial charge in [0.1, 0.15) is 5.75 Å². The average Bonchev–Trinajstić information content (AvgIpc) is 2.50. The van der Waals surface area contributed by atoms with E-state index in [0.29, 0.717) is 16.8 Å². The van der Waals surface area contributed by atoms with Crippen LogP contribution < -0.4 is 10.1 Å². The summed E-state index contributed by atoms with van der Waals surface area (Å²) in [5, 5.41) is 3.64. The predicted octanol–water partition coefficient (Wildman–Crippen LogP) is 3.49. The maximum Gasteiger partial charge on any atom is 0.263 e. The van der Waals surface area contributed by atoms with Crippen molar-refractivity contribution in [3.8, 4) is 5.75 Å². The first-order chi connectivity index (χ1) is 10.8. The zero-order chi connectivity index (χ0) is 17.0. The third-order valence-electron chi connectivity index (χ3n) is 4.34. The Labute approximate surface area is 144 Å². The Morgan fingerprint density at radius 3 is 2.48 bits per heavy atom. The maximum atomic E-state index is 12.6. The van der Waals surface area contributed by atoms with Gasteiger partial charge in [-0.2, -0.15) is 0 Å². The van der Waals surface area contributed by atoms with Crippen molar-refractivity contribution in [3.05, 3.63) is 29.3 Å². The Balaban J connectivity index is 1.91. The second-order valence-corrected chi connectivity index (χ2v) is 7.33. The molecule has 0 spiro atoms. The number of nitrogens with zero attached hydrogens (tertiary/aromatic N) is 1. The number of carbonyl (C=O) groups excluding carboxylic acids is 1. The number of carbonyl (C=O) groups is 1. The molecule has 1 fully saturated rings. The Bertz CT molecular complexity index is 538.